The lowest BCUT2D eigenvalue weighted by Gasteiger charge is -2.20. The van der Waals surface area contributed by atoms with E-state index in [1.54, 1.807) is 32.4 Å². The minimum atomic E-state index is -0.202. The first-order valence-electron chi connectivity index (χ1n) is 8.01. The van der Waals surface area contributed by atoms with Crippen LogP contribution in [0.25, 0.3) is 0 Å². The molecule has 0 saturated carbocycles. The molecule has 0 aliphatic carbocycles. The summed E-state index contributed by atoms with van der Waals surface area (Å²) in [4.78, 5) is 12.5. The Kier molecular flexibility index (Phi) is 4.97. The van der Waals surface area contributed by atoms with Gasteiger partial charge in [-0.15, -0.1) is 0 Å². The molecule has 0 saturated heterocycles. The van der Waals surface area contributed by atoms with E-state index < -0.39 is 0 Å². The van der Waals surface area contributed by atoms with Crippen LogP contribution in [0.4, 0.5) is 0 Å². The molecule has 0 fully saturated rings. The minimum Gasteiger partial charge on any atom is -0.497 e. The van der Waals surface area contributed by atoms with Crippen LogP contribution in [0, 0.1) is 6.92 Å². The molecule has 2 aromatic carbocycles. The first-order chi connectivity index (χ1) is 12.1. The molecule has 0 spiro atoms. The van der Waals surface area contributed by atoms with Crippen molar-refractivity contribution in [3.8, 4) is 23.0 Å². The molecule has 1 aliphatic heterocycles. The third-order valence-electron chi connectivity index (χ3n) is 4.05. The number of aryl methyl sites for hydroxylation is 1. The zero-order valence-corrected chi connectivity index (χ0v) is 14.5. The fourth-order valence-corrected chi connectivity index (χ4v) is 2.64. The van der Waals surface area contributed by atoms with Crippen LogP contribution in [-0.4, -0.2) is 33.3 Å². The number of carbonyl (C=O) groups is 1. The predicted molar refractivity (Wildman–Crippen MR) is 92.9 cm³/mol. The van der Waals surface area contributed by atoms with Crippen LogP contribution in [0.2, 0.25) is 0 Å². The molecule has 0 atom stereocenters. The van der Waals surface area contributed by atoms with Crippen molar-refractivity contribution in [1.82, 2.24) is 5.32 Å². The van der Waals surface area contributed by atoms with E-state index in [1.165, 1.54) is 0 Å². The first kappa shape index (κ1) is 17.0. The highest BCUT2D eigenvalue weighted by molar-refractivity contribution is 5.95. The minimum absolute atomic E-state index is 0.202. The topological polar surface area (TPSA) is 66.0 Å². The van der Waals surface area contributed by atoms with Crippen molar-refractivity contribution in [3.63, 3.8) is 0 Å². The van der Waals surface area contributed by atoms with Crippen LogP contribution >= 0.6 is 0 Å². The standard InChI is InChI=1S/C19H21NO5/c1-12-6-17-18(25-5-4-24-17)9-14(12)11-20-19(21)13-7-15(22-2)10-16(8-13)23-3/h6-10H,4-5,11H2,1-3H3,(H,20,21). The zero-order valence-electron chi connectivity index (χ0n) is 14.5. The van der Waals surface area contributed by atoms with Crippen molar-refractivity contribution in [1.29, 1.82) is 0 Å². The van der Waals surface area contributed by atoms with Crippen LogP contribution in [0.1, 0.15) is 21.5 Å². The van der Waals surface area contributed by atoms with Gasteiger partial charge in [0.05, 0.1) is 14.2 Å². The molecule has 2 aromatic rings. The Morgan fingerprint density at radius 1 is 1.00 bits per heavy atom. The second-order valence-electron chi connectivity index (χ2n) is 5.71. The number of ether oxygens (including phenoxy) is 4. The second kappa shape index (κ2) is 7.34. The number of amides is 1. The molecule has 0 bridgehead atoms. The molecule has 6 nitrogen and oxygen atoms in total. The van der Waals surface area contributed by atoms with Gasteiger partial charge in [-0.3, -0.25) is 4.79 Å². The van der Waals surface area contributed by atoms with Crippen LogP contribution < -0.4 is 24.3 Å². The molecule has 0 radical (unpaired) electrons. The van der Waals surface area contributed by atoms with E-state index in [1.807, 2.05) is 19.1 Å². The third kappa shape index (κ3) is 3.79. The molecular formula is C19H21NO5. The number of rotatable bonds is 5. The highest BCUT2D eigenvalue weighted by atomic mass is 16.6. The van der Waals surface area contributed by atoms with Crippen molar-refractivity contribution >= 4 is 5.91 Å². The summed E-state index contributed by atoms with van der Waals surface area (Å²) in [6, 6.07) is 8.92. The maximum atomic E-state index is 12.5. The van der Waals surface area contributed by atoms with E-state index in [2.05, 4.69) is 5.32 Å². The Morgan fingerprint density at radius 2 is 1.60 bits per heavy atom. The van der Waals surface area contributed by atoms with Gasteiger partial charge in [0.25, 0.3) is 5.91 Å². The predicted octanol–water partition coefficient (Wildman–Crippen LogP) is 2.71. The molecule has 6 heteroatoms. The van der Waals surface area contributed by atoms with Gasteiger partial charge in [-0.1, -0.05) is 0 Å². The molecule has 1 heterocycles. The molecule has 0 aromatic heterocycles. The highest BCUT2D eigenvalue weighted by Crippen LogP contribution is 2.33. The summed E-state index contributed by atoms with van der Waals surface area (Å²) in [7, 11) is 3.10. The second-order valence-corrected chi connectivity index (χ2v) is 5.71. The van der Waals surface area contributed by atoms with Crippen molar-refractivity contribution in [2.75, 3.05) is 27.4 Å². The third-order valence-corrected chi connectivity index (χ3v) is 4.05. The molecular weight excluding hydrogens is 322 g/mol. The van der Waals surface area contributed by atoms with Gasteiger partial charge in [-0.2, -0.15) is 0 Å². The largest absolute Gasteiger partial charge is 0.497 e. The average Bonchev–Trinajstić information content (AvgIpc) is 2.65. The number of hydrogen-bond donors (Lipinski definition) is 1. The number of methoxy groups -OCH3 is 2. The summed E-state index contributed by atoms with van der Waals surface area (Å²) in [5, 5.41) is 2.92. The maximum Gasteiger partial charge on any atom is 0.251 e. The lowest BCUT2D eigenvalue weighted by molar-refractivity contribution is 0.0950. The van der Waals surface area contributed by atoms with Crippen molar-refractivity contribution < 1.29 is 23.7 Å². The smallest absolute Gasteiger partial charge is 0.251 e. The average molecular weight is 343 g/mol. The van der Waals surface area contributed by atoms with E-state index in [-0.39, 0.29) is 5.91 Å². The summed E-state index contributed by atoms with van der Waals surface area (Å²) in [6.07, 6.45) is 0. The Hall–Kier alpha value is -2.89. The quantitative estimate of drug-likeness (QED) is 0.904. The molecule has 25 heavy (non-hydrogen) atoms. The molecule has 1 aliphatic rings. The summed E-state index contributed by atoms with van der Waals surface area (Å²) in [5.74, 6) is 2.40. The van der Waals surface area contributed by atoms with Gasteiger partial charge in [0.2, 0.25) is 0 Å². The molecule has 3 rings (SSSR count). The summed E-state index contributed by atoms with van der Waals surface area (Å²) in [6.45, 7) is 3.46. The van der Waals surface area contributed by atoms with Gasteiger partial charge in [0.1, 0.15) is 24.7 Å². The van der Waals surface area contributed by atoms with Gasteiger partial charge in [0.15, 0.2) is 11.5 Å². The number of fused-ring (bicyclic) bond motifs is 1. The van der Waals surface area contributed by atoms with Crippen LogP contribution in [0.3, 0.4) is 0 Å². The normalized spacial score (nSPS) is 12.4. The van der Waals surface area contributed by atoms with E-state index >= 15 is 0 Å². The summed E-state index contributed by atoms with van der Waals surface area (Å²) >= 11 is 0. The Morgan fingerprint density at radius 3 is 2.20 bits per heavy atom. The van der Waals surface area contributed by atoms with Crippen molar-refractivity contribution in [2.45, 2.75) is 13.5 Å². The Labute approximate surface area is 146 Å². The van der Waals surface area contributed by atoms with Crippen LogP contribution in [0.5, 0.6) is 23.0 Å². The van der Waals surface area contributed by atoms with E-state index in [4.69, 9.17) is 18.9 Å². The first-order valence-corrected chi connectivity index (χ1v) is 8.01. The van der Waals surface area contributed by atoms with Gasteiger partial charge >= 0.3 is 0 Å². The monoisotopic (exact) mass is 343 g/mol. The Bertz CT molecular complexity index is 765. The van der Waals surface area contributed by atoms with Crippen molar-refractivity contribution in [2.24, 2.45) is 0 Å². The molecule has 1 amide bonds. The SMILES string of the molecule is COc1cc(OC)cc(C(=O)NCc2cc3c(cc2C)OCCO3)c1. The molecule has 0 unspecified atom stereocenters. The van der Waals surface area contributed by atoms with Gasteiger partial charge in [-0.05, 0) is 42.3 Å². The molecule has 132 valence electrons. The van der Waals surface area contributed by atoms with Gasteiger partial charge in [0, 0.05) is 18.2 Å². The lowest BCUT2D eigenvalue weighted by atomic mass is 10.1. The van der Waals surface area contributed by atoms with Gasteiger partial charge in [-0.25, -0.2) is 0 Å². The summed E-state index contributed by atoms with van der Waals surface area (Å²) in [5.41, 5.74) is 2.49. The fourth-order valence-electron chi connectivity index (χ4n) is 2.64. The number of benzene rings is 2. The highest BCUT2D eigenvalue weighted by Gasteiger charge is 2.15. The maximum absolute atomic E-state index is 12.5. The lowest BCUT2D eigenvalue weighted by Crippen LogP contribution is -2.23. The van der Waals surface area contributed by atoms with Crippen LogP contribution in [0.15, 0.2) is 30.3 Å². The zero-order chi connectivity index (χ0) is 17.8. The summed E-state index contributed by atoms with van der Waals surface area (Å²) < 4.78 is 21.6. The number of nitrogens with one attached hydrogen (secondary N) is 1. The van der Waals surface area contributed by atoms with Crippen molar-refractivity contribution in [3.05, 3.63) is 47.0 Å². The van der Waals surface area contributed by atoms with Crippen LogP contribution in [-0.2, 0) is 6.54 Å². The number of carbonyl (C=O) groups excluding carboxylic acids is 1. The van der Waals surface area contributed by atoms with Gasteiger partial charge < -0.3 is 24.3 Å². The molecule has 1 N–H and O–H groups in total. The van der Waals surface area contributed by atoms with E-state index in [9.17, 15) is 4.79 Å². The Balaban J connectivity index is 1.74. The fraction of sp³-hybridized carbons (Fsp3) is 0.316. The van der Waals surface area contributed by atoms with E-state index in [0.717, 1.165) is 16.9 Å². The number of hydrogen-bond acceptors (Lipinski definition) is 5. The van der Waals surface area contributed by atoms with E-state index in [0.29, 0.717) is 42.6 Å².